The van der Waals surface area contributed by atoms with Gasteiger partial charge >= 0.3 is 17.9 Å². The van der Waals surface area contributed by atoms with Gasteiger partial charge in [0.25, 0.3) is 0 Å². The number of carboxylic acid groups (broad SMARTS) is 1. The lowest BCUT2D eigenvalue weighted by Crippen LogP contribution is -2.35. The number of carboxylic acids is 1. The van der Waals surface area contributed by atoms with Gasteiger partial charge in [-0.2, -0.15) is 0 Å². The summed E-state index contributed by atoms with van der Waals surface area (Å²) in [6.45, 7) is 6.51. The number of carbonyl (C=O) groups excluding carboxylic acids is 2. The molecule has 3 rings (SSSR count). The van der Waals surface area contributed by atoms with Gasteiger partial charge < -0.3 is 24.1 Å². The lowest BCUT2D eigenvalue weighted by atomic mass is 9.79. The first-order valence-corrected chi connectivity index (χ1v) is 8.83. The number of esters is 2. The first-order valence-electron chi connectivity index (χ1n) is 8.83. The zero-order valence-electron chi connectivity index (χ0n) is 15.0. The number of aliphatic carboxylic acids is 1. The van der Waals surface area contributed by atoms with Gasteiger partial charge in [0.2, 0.25) is 0 Å². The highest BCUT2D eigenvalue weighted by Crippen LogP contribution is 2.32. The van der Waals surface area contributed by atoms with E-state index in [1.807, 2.05) is 0 Å². The standard InChI is InChI=1S/C14H20O6.C4H6O2/c15-13(19-7-9-5-17-9)11-3-1-2-4-12(11)14(16)20-8-10-6-18-10;1-3(2)4(5)6/h9-12H,1-8H2;1H2,2H3,(H,5,6). The summed E-state index contributed by atoms with van der Waals surface area (Å²) in [5, 5.41) is 7.89. The fourth-order valence-electron chi connectivity index (χ4n) is 2.59. The third kappa shape index (κ3) is 7.13. The van der Waals surface area contributed by atoms with Gasteiger partial charge in [-0.1, -0.05) is 19.4 Å². The minimum atomic E-state index is -0.935. The van der Waals surface area contributed by atoms with E-state index in [1.54, 1.807) is 0 Å². The molecule has 0 amide bonds. The van der Waals surface area contributed by atoms with Crippen LogP contribution in [-0.2, 0) is 33.3 Å². The van der Waals surface area contributed by atoms with E-state index in [0.717, 1.165) is 12.8 Å². The number of hydrogen-bond donors (Lipinski definition) is 1. The summed E-state index contributed by atoms with van der Waals surface area (Å²) >= 11 is 0. The van der Waals surface area contributed by atoms with Crippen molar-refractivity contribution in [2.45, 2.75) is 44.8 Å². The van der Waals surface area contributed by atoms with Gasteiger partial charge in [0, 0.05) is 5.57 Å². The van der Waals surface area contributed by atoms with E-state index in [1.165, 1.54) is 6.92 Å². The molecule has 1 aliphatic carbocycles. The molecule has 1 N–H and O–H groups in total. The summed E-state index contributed by atoms with van der Waals surface area (Å²) in [6, 6.07) is 0. The highest BCUT2D eigenvalue weighted by molar-refractivity contribution is 5.84. The lowest BCUT2D eigenvalue weighted by molar-refractivity contribution is -0.163. The minimum Gasteiger partial charge on any atom is -0.478 e. The Hall–Kier alpha value is -1.93. The highest BCUT2D eigenvalue weighted by atomic mass is 16.6. The molecule has 2 aliphatic heterocycles. The van der Waals surface area contributed by atoms with Crippen molar-refractivity contribution in [1.82, 2.24) is 0 Å². The van der Waals surface area contributed by atoms with E-state index in [2.05, 4.69) is 6.58 Å². The molecular formula is C18H26O8. The maximum absolute atomic E-state index is 12.1. The van der Waals surface area contributed by atoms with Crippen LogP contribution >= 0.6 is 0 Å². The highest BCUT2D eigenvalue weighted by Gasteiger charge is 2.39. The Labute approximate surface area is 152 Å². The summed E-state index contributed by atoms with van der Waals surface area (Å²) < 4.78 is 20.5. The number of carbonyl (C=O) groups is 3. The van der Waals surface area contributed by atoms with Crippen molar-refractivity contribution in [3.8, 4) is 0 Å². The fourth-order valence-corrected chi connectivity index (χ4v) is 2.59. The van der Waals surface area contributed by atoms with Crippen LogP contribution in [0.3, 0.4) is 0 Å². The van der Waals surface area contributed by atoms with Crippen molar-refractivity contribution < 1.29 is 38.4 Å². The van der Waals surface area contributed by atoms with Crippen LogP contribution in [0.1, 0.15) is 32.6 Å². The maximum Gasteiger partial charge on any atom is 0.330 e. The molecule has 4 atom stereocenters. The van der Waals surface area contributed by atoms with Gasteiger partial charge in [0.15, 0.2) is 0 Å². The van der Waals surface area contributed by atoms with E-state index in [4.69, 9.17) is 24.1 Å². The molecule has 1 saturated carbocycles. The Morgan fingerprint density at radius 2 is 1.31 bits per heavy atom. The average Bonchev–Trinajstić information content (AvgIpc) is 3.52. The van der Waals surface area contributed by atoms with Crippen LogP contribution in [0.2, 0.25) is 0 Å². The van der Waals surface area contributed by atoms with Crippen molar-refractivity contribution >= 4 is 17.9 Å². The molecule has 3 fully saturated rings. The normalized spacial score (nSPS) is 28.8. The number of ether oxygens (including phenoxy) is 4. The van der Waals surface area contributed by atoms with E-state index >= 15 is 0 Å². The van der Waals surface area contributed by atoms with Gasteiger partial charge in [0.05, 0.1) is 25.0 Å². The van der Waals surface area contributed by atoms with Crippen LogP contribution in [0, 0.1) is 11.8 Å². The molecule has 0 radical (unpaired) electrons. The van der Waals surface area contributed by atoms with Crippen molar-refractivity contribution in [2.75, 3.05) is 26.4 Å². The molecule has 26 heavy (non-hydrogen) atoms. The van der Waals surface area contributed by atoms with Crippen LogP contribution in [0.4, 0.5) is 0 Å². The summed E-state index contributed by atoms with van der Waals surface area (Å²) in [5.74, 6) is -2.24. The second-order valence-corrected chi connectivity index (χ2v) is 6.75. The third-order valence-electron chi connectivity index (χ3n) is 4.36. The molecule has 4 unspecified atom stereocenters. The monoisotopic (exact) mass is 370 g/mol. The summed E-state index contributed by atoms with van der Waals surface area (Å²) in [4.78, 5) is 33.8. The van der Waals surface area contributed by atoms with Crippen LogP contribution in [-0.4, -0.2) is 61.6 Å². The molecule has 0 spiro atoms. The molecule has 2 saturated heterocycles. The molecule has 146 valence electrons. The molecule has 0 aromatic rings. The first-order chi connectivity index (χ1) is 12.4. The second-order valence-electron chi connectivity index (χ2n) is 6.75. The van der Waals surface area contributed by atoms with Crippen molar-refractivity contribution in [2.24, 2.45) is 11.8 Å². The van der Waals surface area contributed by atoms with Crippen LogP contribution in [0.25, 0.3) is 0 Å². The van der Waals surface area contributed by atoms with Gasteiger partial charge in [-0.3, -0.25) is 9.59 Å². The Kier molecular flexibility index (Phi) is 7.59. The van der Waals surface area contributed by atoms with E-state index < -0.39 is 5.97 Å². The first kappa shape index (κ1) is 20.4. The van der Waals surface area contributed by atoms with Crippen LogP contribution in [0.15, 0.2) is 12.2 Å². The largest absolute Gasteiger partial charge is 0.478 e. The molecule has 0 bridgehead atoms. The molecule has 2 heterocycles. The minimum absolute atomic E-state index is 0.0555. The Bertz CT molecular complexity index is 487. The SMILES string of the molecule is C=C(C)C(=O)O.O=C(OCC1CO1)C1CCCCC1C(=O)OCC1CO1. The summed E-state index contributed by atoms with van der Waals surface area (Å²) in [6.07, 6.45) is 3.42. The number of rotatable bonds is 7. The molecule has 0 aromatic carbocycles. The average molecular weight is 370 g/mol. The van der Waals surface area contributed by atoms with E-state index in [9.17, 15) is 14.4 Å². The lowest BCUT2D eigenvalue weighted by Gasteiger charge is -2.28. The van der Waals surface area contributed by atoms with E-state index in [0.29, 0.717) is 39.3 Å². The molecule has 8 nitrogen and oxygen atoms in total. The molecule has 8 heteroatoms. The fraction of sp³-hybridized carbons (Fsp3) is 0.722. The maximum atomic E-state index is 12.1. The second kappa shape index (κ2) is 9.68. The number of epoxide rings is 2. The predicted octanol–water partition coefficient (Wildman–Crippen LogP) is 1.32. The van der Waals surface area contributed by atoms with Crippen molar-refractivity contribution in [3.05, 3.63) is 12.2 Å². The Morgan fingerprint density at radius 1 is 0.962 bits per heavy atom. The third-order valence-corrected chi connectivity index (χ3v) is 4.36. The van der Waals surface area contributed by atoms with Gasteiger partial charge in [-0.05, 0) is 19.8 Å². The quantitative estimate of drug-likeness (QED) is 0.405. The molecule has 3 aliphatic rings. The van der Waals surface area contributed by atoms with Crippen LogP contribution in [0.5, 0.6) is 0 Å². The Balaban J connectivity index is 0.000000352. The smallest absolute Gasteiger partial charge is 0.330 e. The summed E-state index contributed by atoms with van der Waals surface area (Å²) in [7, 11) is 0. The van der Waals surface area contributed by atoms with Crippen molar-refractivity contribution in [3.63, 3.8) is 0 Å². The predicted molar refractivity (Wildman–Crippen MR) is 89.3 cm³/mol. The van der Waals surface area contributed by atoms with Gasteiger partial charge in [-0.25, -0.2) is 4.79 Å². The zero-order chi connectivity index (χ0) is 19.1. The van der Waals surface area contributed by atoms with Crippen molar-refractivity contribution in [1.29, 1.82) is 0 Å². The van der Waals surface area contributed by atoms with Gasteiger partial charge in [0.1, 0.15) is 25.4 Å². The molecule has 0 aromatic heterocycles. The summed E-state index contributed by atoms with van der Waals surface area (Å²) in [5.41, 5.74) is 0.176. The van der Waals surface area contributed by atoms with Gasteiger partial charge in [-0.15, -0.1) is 0 Å². The van der Waals surface area contributed by atoms with E-state index in [-0.39, 0.29) is 41.6 Å². The number of hydrogen-bond acceptors (Lipinski definition) is 7. The zero-order valence-corrected chi connectivity index (χ0v) is 15.0. The molecular weight excluding hydrogens is 344 g/mol. The van der Waals surface area contributed by atoms with Crippen LogP contribution < -0.4 is 0 Å². The Morgan fingerprint density at radius 3 is 1.58 bits per heavy atom. The topological polar surface area (TPSA) is 115 Å².